The van der Waals surface area contributed by atoms with Gasteiger partial charge in [-0.05, 0) is 25.9 Å². The molecular formula is C9H13N3O3. The van der Waals surface area contributed by atoms with E-state index in [2.05, 4.69) is 4.90 Å². The molecule has 2 rings (SSSR count). The number of amides is 4. The quantitative estimate of drug-likeness (QED) is 0.488. The number of urea groups is 1. The zero-order valence-electron chi connectivity index (χ0n) is 8.36. The average Bonchev–Trinajstić information content (AvgIpc) is 2.76. The Morgan fingerprint density at radius 3 is 2.27 bits per heavy atom. The number of likely N-dealkylation sites (tertiary alicyclic amines) is 1. The Kier molecular flexibility index (Phi) is 2.68. The van der Waals surface area contributed by atoms with Gasteiger partial charge in [-0.1, -0.05) is 0 Å². The predicted molar refractivity (Wildman–Crippen MR) is 50.9 cm³/mol. The molecule has 1 N–H and O–H groups in total. The number of nitrogens with one attached hydrogen (secondary N) is 1. The number of carbonyl (C=O) groups excluding carboxylic acids is 3. The molecule has 2 aliphatic rings. The predicted octanol–water partition coefficient (Wildman–Crippen LogP) is -0.839. The lowest BCUT2D eigenvalue weighted by atomic mass is 10.4. The highest BCUT2D eigenvalue weighted by Gasteiger charge is 2.36. The molecule has 0 saturated carbocycles. The summed E-state index contributed by atoms with van der Waals surface area (Å²) in [6.07, 6.45) is 2.33. The minimum absolute atomic E-state index is 0.302. The van der Waals surface area contributed by atoms with Crippen LogP contribution in [0.25, 0.3) is 0 Å². The molecule has 6 heteroatoms. The van der Waals surface area contributed by atoms with Crippen molar-refractivity contribution in [1.82, 2.24) is 15.1 Å². The summed E-state index contributed by atoms with van der Waals surface area (Å²) < 4.78 is 0. The van der Waals surface area contributed by atoms with Crippen molar-refractivity contribution >= 4 is 17.8 Å². The molecule has 0 aliphatic carbocycles. The van der Waals surface area contributed by atoms with Gasteiger partial charge in [0.25, 0.3) is 0 Å². The molecule has 6 nitrogen and oxygen atoms in total. The van der Waals surface area contributed by atoms with Gasteiger partial charge >= 0.3 is 17.8 Å². The fourth-order valence-electron chi connectivity index (χ4n) is 1.88. The van der Waals surface area contributed by atoms with Crippen molar-refractivity contribution in [3.63, 3.8) is 0 Å². The van der Waals surface area contributed by atoms with E-state index in [1.54, 1.807) is 0 Å². The summed E-state index contributed by atoms with van der Waals surface area (Å²) in [5.74, 6) is -1.55. The Morgan fingerprint density at radius 2 is 1.73 bits per heavy atom. The second-order valence-corrected chi connectivity index (χ2v) is 3.76. The number of hydrogen-bond acceptors (Lipinski definition) is 4. The first-order valence-corrected chi connectivity index (χ1v) is 5.07. The molecule has 0 atom stereocenters. The maximum atomic E-state index is 11.2. The SMILES string of the molecule is O=C1NC(=O)N(CCN2CCCC2)C1=O. The van der Waals surface area contributed by atoms with E-state index in [-0.39, 0.29) is 0 Å². The molecule has 2 saturated heterocycles. The smallest absolute Gasteiger partial charge is 0.302 e. The highest BCUT2D eigenvalue weighted by molar-refractivity contribution is 6.44. The van der Waals surface area contributed by atoms with Crippen LogP contribution >= 0.6 is 0 Å². The van der Waals surface area contributed by atoms with Crippen LogP contribution in [0.4, 0.5) is 4.79 Å². The van der Waals surface area contributed by atoms with E-state index in [1.807, 2.05) is 5.32 Å². The number of hydrogen-bond donors (Lipinski definition) is 1. The molecule has 15 heavy (non-hydrogen) atoms. The van der Waals surface area contributed by atoms with Crippen LogP contribution in [0.1, 0.15) is 12.8 Å². The summed E-state index contributed by atoms with van der Waals surface area (Å²) in [6, 6.07) is -0.593. The van der Waals surface area contributed by atoms with Crippen molar-refractivity contribution < 1.29 is 14.4 Å². The molecule has 2 heterocycles. The molecule has 0 unspecified atom stereocenters. The van der Waals surface area contributed by atoms with Gasteiger partial charge in [0.1, 0.15) is 0 Å². The van der Waals surface area contributed by atoms with E-state index in [1.165, 1.54) is 12.8 Å². The maximum absolute atomic E-state index is 11.2. The molecule has 0 aromatic heterocycles. The number of carbonyl (C=O) groups is 3. The van der Waals surface area contributed by atoms with Gasteiger partial charge in [0, 0.05) is 13.1 Å². The Bertz CT molecular complexity index is 310. The van der Waals surface area contributed by atoms with Crippen LogP contribution in [0.15, 0.2) is 0 Å². The van der Waals surface area contributed by atoms with Crippen molar-refractivity contribution in [3.05, 3.63) is 0 Å². The fraction of sp³-hybridized carbons (Fsp3) is 0.667. The zero-order valence-corrected chi connectivity index (χ0v) is 8.36. The first kappa shape index (κ1) is 10.1. The number of nitrogens with zero attached hydrogens (tertiary/aromatic N) is 2. The Balaban J connectivity index is 1.85. The zero-order chi connectivity index (χ0) is 10.8. The first-order chi connectivity index (χ1) is 7.18. The molecule has 0 aromatic rings. The molecule has 82 valence electrons. The molecule has 0 spiro atoms. The van der Waals surface area contributed by atoms with Crippen LogP contribution in [0, 0.1) is 0 Å². The van der Waals surface area contributed by atoms with Gasteiger partial charge < -0.3 is 4.90 Å². The molecule has 0 radical (unpaired) electrons. The topological polar surface area (TPSA) is 69.7 Å². The van der Waals surface area contributed by atoms with E-state index >= 15 is 0 Å². The minimum atomic E-state index is -0.818. The molecule has 2 aliphatic heterocycles. The molecule has 0 aromatic carbocycles. The number of rotatable bonds is 3. The summed E-state index contributed by atoms with van der Waals surface area (Å²) in [6.45, 7) is 2.98. The van der Waals surface area contributed by atoms with Crippen LogP contribution in [0.3, 0.4) is 0 Å². The molecule has 4 amide bonds. The van der Waals surface area contributed by atoms with E-state index < -0.39 is 17.8 Å². The first-order valence-electron chi connectivity index (χ1n) is 5.07. The van der Waals surface area contributed by atoms with Crippen molar-refractivity contribution in [2.75, 3.05) is 26.2 Å². The van der Waals surface area contributed by atoms with Crippen LogP contribution in [-0.2, 0) is 9.59 Å². The second kappa shape index (κ2) is 3.98. The minimum Gasteiger partial charge on any atom is -0.302 e. The van der Waals surface area contributed by atoms with Crippen molar-refractivity contribution in [3.8, 4) is 0 Å². The summed E-state index contributed by atoms with van der Waals surface area (Å²) in [4.78, 5) is 36.4. The highest BCUT2D eigenvalue weighted by Crippen LogP contribution is 2.08. The maximum Gasteiger partial charge on any atom is 0.331 e. The van der Waals surface area contributed by atoms with Gasteiger partial charge in [-0.3, -0.25) is 19.8 Å². The van der Waals surface area contributed by atoms with Gasteiger partial charge in [0.2, 0.25) is 0 Å². The van der Waals surface area contributed by atoms with Gasteiger partial charge in [-0.25, -0.2) is 4.79 Å². The van der Waals surface area contributed by atoms with Crippen LogP contribution in [0.2, 0.25) is 0 Å². The summed E-state index contributed by atoms with van der Waals surface area (Å²) in [7, 11) is 0. The lowest BCUT2D eigenvalue weighted by Gasteiger charge is -2.17. The van der Waals surface area contributed by atoms with E-state index in [0.29, 0.717) is 13.1 Å². The fourth-order valence-corrected chi connectivity index (χ4v) is 1.88. The third kappa shape index (κ3) is 1.99. The normalized spacial score (nSPS) is 22.7. The van der Waals surface area contributed by atoms with Crippen molar-refractivity contribution in [2.24, 2.45) is 0 Å². The van der Waals surface area contributed by atoms with Crippen LogP contribution in [-0.4, -0.2) is 53.8 Å². The Hall–Kier alpha value is -1.43. The lowest BCUT2D eigenvalue weighted by Crippen LogP contribution is -2.38. The third-order valence-corrected chi connectivity index (χ3v) is 2.74. The molecule has 0 bridgehead atoms. The monoisotopic (exact) mass is 211 g/mol. The van der Waals surface area contributed by atoms with E-state index in [4.69, 9.17) is 0 Å². The van der Waals surface area contributed by atoms with Crippen molar-refractivity contribution in [1.29, 1.82) is 0 Å². The van der Waals surface area contributed by atoms with Crippen LogP contribution in [0.5, 0.6) is 0 Å². The molecular weight excluding hydrogens is 198 g/mol. The van der Waals surface area contributed by atoms with Gasteiger partial charge in [-0.15, -0.1) is 0 Å². The Morgan fingerprint density at radius 1 is 1.07 bits per heavy atom. The highest BCUT2D eigenvalue weighted by atomic mass is 16.2. The largest absolute Gasteiger partial charge is 0.331 e. The van der Waals surface area contributed by atoms with E-state index in [9.17, 15) is 14.4 Å². The Labute approximate surface area is 87.2 Å². The van der Waals surface area contributed by atoms with Gasteiger partial charge in [0.15, 0.2) is 0 Å². The van der Waals surface area contributed by atoms with E-state index in [0.717, 1.165) is 18.0 Å². The van der Waals surface area contributed by atoms with Gasteiger partial charge in [0.05, 0.1) is 0 Å². The standard InChI is InChI=1S/C9H13N3O3/c13-7-8(14)12(9(15)10-7)6-5-11-3-1-2-4-11/h1-6H2,(H,10,13,15). The van der Waals surface area contributed by atoms with Gasteiger partial charge in [-0.2, -0.15) is 0 Å². The average molecular weight is 211 g/mol. The lowest BCUT2D eigenvalue weighted by molar-refractivity contribution is -0.140. The summed E-state index contributed by atoms with van der Waals surface area (Å²) in [5, 5.41) is 1.97. The van der Waals surface area contributed by atoms with Crippen molar-refractivity contribution in [2.45, 2.75) is 12.8 Å². The number of imide groups is 2. The summed E-state index contributed by atoms with van der Waals surface area (Å²) in [5.41, 5.74) is 0. The second-order valence-electron chi connectivity index (χ2n) is 3.76. The molecule has 2 fully saturated rings. The third-order valence-electron chi connectivity index (χ3n) is 2.74. The van der Waals surface area contributed by atoms with Crippen LogP contribution < -0.4 is 5.32 Å². The summed E-state index contributed by atoms with van der Waals surface area (Å²) >= 11 is 0.